The van der Waals surface area contributed by atoms with E-state index in [0.717, 1.165) is 24.1 Å². The summed E-state index contributed by atoms with van der Waals surface area (Å²) in [5.74, 6) is 1.57. The third kappa shape index (κ3) is 3.01. The molecule has 0 radical (unpaired) electrons. The maximum Gasteiger partial charge on any atom is 0.127 e. The molecular weight excluding hydrogens is 276 g/mol. The predicted octanol–water partition coefficient (Wildman–Crippen LogP) is 4.64. The summed E-state index contributed by atoms with van der Waals surface area (Å²) >= 11 is 3.52. The molecular formula is C15H17BrO. The monoisotopic (exact) mass is 292 g/mol. The normalized spacial score (nSPS) is 12.6. The van der Waals surface area contributed by atoms with Crippen molar-refractivity contribution in [3.05, 3.63) is 42.5 Å². The van der Waals surface area contributed by atoms with E-state index in [1.807, 2.05) is 12.1 Å². The molecule has 0 saturated carbocycles. The van der Waals surface area contributed by atoms with Crippen LogP contribution >= 0.6 is 15.9 Å². The molecule has 17 heavy (non-hydrogen) atoms. The second-order valence-electron chi connectivity index (χ2n) is 4.22. The minimum Gasteiger partial charge on any atom is -0.493 e. The van der Waals surface area contributed by atoms with E-state index in [1.165, 1.54) is 10.8 Å². The fourth-order valence-corrected chi connectivity index (χ4v) is 2.45. The Hall–Kier alpha value is -1.02. The smallest absolute Gasteiger partial charge is 0.127 e. The van der Waals surface area contributed by atoms with Crippen LogP contribution in [0.25, 0.3) is 10.8 Å². The zero-order chi connectivity index (χ0) is 12.1. The molecule has 0 heterocycles. The van der Waals surface area contributed by atoms with E-state index in [4.69, 9.17) is 4.74 Å². The van der Waals surface area contributed by atoms with Gasteiger partial charge in [0.2, 0.25) is 0 Å². The van der Waals surface area contributed by atoms with Crippen LogP contribution in [0.5, 0.6) is 5.75 Å². The van der Waals surface area contributed by atoms with Crippen LogP contribution in [0, 0.1) is 5.92 Å². The molecule has 0 aliphatic carbocycles. The summed E-state index contributed by atoms with van der Waals surface area (Å²) in [7, 11) is 0. The maximum absolute atomic E-state index is 5.93. The molecule has 2 aromatic rings. The van der Waals surface area contributed by atoms with Gasteiger partial charge in [0, 0.05) is 16.6 Å². The molecule has 0 aromatic heterocycles. The number of ether oxygens (including phenoxy) is 1. The van der Waals surface area contributed by atoms with Crippen molar-refractivity contribution in [3.63, 3.8) is 0 Å². The van der Waals surface area contributed by atoms with Crippen molar-refractivity contribution in [3.8, 4) is 5.75 Å². The summed E-state index contributed by atoms with van der Waals surface area (Å²) in [6.07, 6.45) is 1.13. The number of hydrogen-bond acceptors (Lipinski definition) is 1. The maximum atomic E-state index is 5.93. The molecule has 2 heteroatoms. The van der Waals surface area contributed by atoms with Gasteiger partial charge in [0.05, 0.1) is 6.61 Å². The Labute approximate surface area is 111 Å². The third-order valence-corrected chi connectivity index (χ3v) is 3.94. The van der Waals surface area contributed by atoms with E-state index >= 15 is 0 Å². The van der Waals surface area contributed by atoms with Crippen LogP contribution in [0.3, 0.4) is 0 Å². The van der Waals surface area contributed by atoms with Crippen molar-refractivity contribution in [1.82, 2.24) is 0 Å². The lowest BCUT2D eigenvalue weighted by Gasteiger charge is -2.14. The molecule has 0 saturated heterocycles. The van der Waals surface area contributed by atoms with Gasteiger partial charge in [-0.25, -0.2) is 0 Å². The number of fused-ring (bicyclic) bond motifs is 1. The quantitative estimate of drug-likeness (QED) is 0.730. The molecule has 0 bridgehead atoms. The average Bonchev–Trinajstić information content (AvgIpc) is 2.40. The standard InChI is InChI=1S/C15H17BrO/c1-2-12(10-16)11-17-15-9-5-7-13-6-3-4-8-14(13)15/h3-9,12H,2,10-11H2,1H3. The lowest BCUT2D eigenvalue weighted by molar-refractivity contribution is 0.263. The van der Waals surface area contributed by atoms with E-state index in [-0.39, 0.29) is 0 Å². The highest BCUT2D eigenvalue weighted by molar-refractivity contribution is 9.09. The van der Waals surface area contributed by atoms with Crippen molar-refractivity contribution in [2.24, 2.45) is 5.92 Å². The topological polar surface area (TPSA) is 9.23 Å². The van der Waals surface area contributed by atoms with Gasteiger partial charge in [-0.1, -0.05) is 59.3 Å². The minimum absolute atomic E-state index is 0.578. The van der Waals surface area contributed by atoms with E-state index in [0.29, 0.717) is 5.92 Å². The third-order valence-electron chi connectivity index (χ3n) is 3.02. The molecule has 0 aliphatic rings. The molecule has 1 unspecified atom stereocenters. The molecule has 1 atom stereocenters. The molecule has 2 aromatic carbocycles. The first-order valence-corrected chi connectivity index (χ1v) is 7.13. The van der Waals surface area contributed by atoms with Crippen molar-refractivity contribution < 1.29 is 4.74 Å². The van der Waals surface area contributed by atoms with Crippen LogP contribution in [0.4, 0.5) is 0 Å². The Morgan fingerprint density at radius 3 is 2.65 bits per heavy atom. The Bertz CT molecular complexity index is 472. The predicted molar refractivity (Wildman–Crippen MR) is 77.0 cm³/mol. The lowest BCUT2D eigenvalue weighted by Crippen LogP contribution is -2.12. The van der Waals surface area contributed by atoms with Gasteiger partial charge in [-0.2, -0.15) is 0 Å². The second kappa shape index (κ2) is 6.06. The molecule has 0 aliphatic heterocycles. The first kappa shape index (κ1) is 12.4. The minimum atomic E-state index is 0.578. The second-order valence-corrected chi connectivity index (χ2v) is 4.86. The lowest BCUT2D eigenvalue weighted by atomic mass is 10.1. The van der Waals surface area contributed by atoms with Crippen molar-refractivity contribution >= 4 is 26.7 Å². The SMILES string of the molecule is CCC(CBr)COc1cccc2ccccc12. The largest absolute Gasteiger partial charge is 0.493 e. The Kier molecular flexibility index (Phi) is 4.43. The highest BCUT2D eigenvalue weighted by Gasteiger charge is 2.07. The molecule has 90 valence electrons. The summed E-state index contributed by atoms with van der Waals surface area (Å²) in [6.45, 7) is 2.97. The Balaban J connectivity index is 2.18. The van der Waals surface area contributed by atoms with E-state index in [1.54, 1.807) is 0 Å². The highest BCUT2D eigenvalue weighted by atomic mass is 79.9. The van der Waals surface area contributed by atoms with Crippen LogP contribution in [0.2, 0.25) is 0 Å². The van der Waals surface area contributed by atoms with Gasteiger partial charge in [0.1, 0.15) is 5.75 Å². The number of alkyl halides is 1. The van der Waals surface area contributed by atoms with Crippen LogP contribution in [0.1, 0.15) is 13.3 Å². The molecule has 0 fully saturated rings. The van der Waals surface area contributed by atoms with Gasteiger partial charge >= 0.3 is 0 Å². The first-order valence-electron chi connectivity index (χ1n) is 6.01. The van der Waals surface area contributed by atoms with E-state index < -0.39 is 0 Å². The molecule has 0 spiro atoms. The van der Waals surface area contributed by atoms with Crippen LogP contribution < -0.4 is 4.74 Å². The van der Waals surface area contributed by atoms with Gasteiger partial charge in [0.25, 0.3) is 0 Å². The average molecular weight is 293 g/mol. The first-order chi connectivity index (χ1) is 8.35. The number of benzene rings is 2. The van der Waals surface area contributed by atoms with Crippen LogP contribution in [-0.2, 0) is 0 Å². The summed E-state index contributed by atoms with van der Waals surface area (Å²) in [5.41, 5.74) is 0. The molecule has 0 N–H and O–H groups in total. The van der Waals surface area contributed by atoms with Gasteiger partial charge in [0.15, 0.2) is 0 Å². The van der Waals surface area contributed by atoms with Crippen molar-refractivity contribution in [2.45, 2.75) is 13.3 Å². The number of rotatable bonds is 5. The van der Waals surface area contributed by atoms with Gasteiger partial charge in [-0.05, 0) is 17.9 Å². The summed E-state index contributed by atoms with van der Waals surface area (Å²) in [6, 6.07) is 14.5. The van der Waals surface area contributed by atoms with Gasteiger partial charge in [-0.3, -0.25) is 0 Å². The van der Waals surface area contributed by atoms with Gasteiger partial charge in [-0.15, -0.1) is 0 Å². The molecule has 0 amide bonds. The summed E-state index contributed by atoms with van der Waals surface area (Å²) in [5, 5.41) is 3.42. The van der Waals surface area contributed by atoms with E-state index in [9.17, 15) is 0 Å². The molecule has 1 nitrogen and oxygen atoms in total. The summed E-state index contributed by atoms with van der Waals surface area (Å²) < 4.78 is 5.93. The Morgan fingerprint density at radius 2 is 1.88 bits per heavy atom. The van der Waals surface area contributed by atoms with E-state index in [2.05, 4.69) is 53.2 Å². The van der Waals surface area contributed by atoms with Crippen molar-refractivity contribution in [1.29, 1.82) is 0 Å². The Morgan fingerprint density at radius 1 is 1.12 bits per heavy atom. The molecule has 2 rings (SSSR count). The van der Waals surface area contributed by atoms with Crippen LogP contribution in [0.15, 0.2) is 42.5 Å². The zero-order valence-corrected chi connectivity index (χ0v) is 11.6. The van der Waals surface area contributed by atoms with Gasteiger partial charge < -0.3 is 4.74 Å². The fraction of sp³-hybridized carbons (Fsp3) is 0.333. The van der Waals surface area contributed by atoms with Crippen molar-refractivity contribution in [2.75, 3.05) is 11.9 Å². The number of halogens is 1. The summed E-state index contributed by atoms with van der Waals surface area (Å²) in [4.78, 5) is 0. The highest BCUT2D eigenvalue weighted by Crippen LogP contribution is 2.25. The van der Waals surface area contributed by atoms with Crippen LogP contribution in [-0.4, -0.2) is 11.9 Å². The fourth-order valence-electron chi connectivity index (χ4n) is 1.80. The number of hydrogen-bond donors (Lipinski definition) is 0. The zero-order valence-electron chi connectivity index (χ0n) is 10.0.